The Morgan fingerprint density at radius 1 is 1.15 bits per heavy atom. The third-order valence-corrected chi connectivity index (χ3v) is 3.65. The molecule has 0 aromatic heterocycles. The number of rotatable bonds is 7. The number of anilines is 1. The molecule has 0 saturated heterocycles. The van der Waals surface area contributed by atoms with Crippen molar-refractivity contribution in [3.05, 3.63) is 77.0 Å². The van der Waals surface area contributed by atoms with Crippen LogP contribution in [0.25, 0.3) is 0 Å². The first-order valence-electron chi connectivity index (χ1n) is 7.98. The quantitative estimate of drug-likeness (QED) is 0.405. The molecule has 0 aliphatic carbocycles. The fourth-order valence-electron chi connectivity index (χ4n) is 2.20. The number of ketones is 1. The Morgan fingerprint density at radius 2 is 1.85 bits per heavy atom. The van der Waals surface area contributed by atoms with Crippen LogP contribution in [0.15, 0.2) is 60.3 Å². The normalized spacial score (nSPS) is 10.7. The summed E-state index contributed by atoms with van der Waals surface area (Å²) in [5, 5.41) is 23.7. The van der Waals surface area contributed by atoms with Crippen molar-refractivity contribution >= 4 is 17.4 Å². The number of Topliss-reactive ketones (excluding diaryl/α,β-unsaturated/α-hetero) is 1. The highest BCUT2D eigenvalue weighted by atomic mass is 16.3. The van der Waals surface area contributed by atoms with E-state index in [0.29, 0.717) is 17.8 Å². The van der Waals surface area contributed by atoms with Gasteiger partial charge in [-0.25, -0.2) is 0 Å². The van der Waals surface area contributed by atoms with Crippen LogP contribution in [0, 0.1) is 11.3 Å². The molecule has 0 saturated carbocycles. The molecule has 0 radical (unpaired) electrons. The van der Waals surface area contributed by atoms with Crippen LogP contribution in [0.2, 0.25) is 0 Å². The van der Waals surface area contributed by atoms with Gasteiger partial charge >= 0.3 is 0 Å². The van der Waals surface area contributed by atoms with E-state index >= 15 is 0 Å². The maximum atomic E-state index is 12.2. The zero-order chi connectivity index (χ0) is 18.9. The number of benzene rings is 2. The Kier molecular flexibility index (Phi) is 6.66. The van der Waals surface area contributed by atoms with E-state index in [1.807, 2.05) is 18.2 Å². The van der Waals surface area contributed by atoms with Crippen molar-refractivity contribution in [1.29, 1.82) is 5.26 Å². The number of hydrogen-bond donors (Lipinski definition) is 3. The lowest BCUT2D eigenvalue weighted by Gasteiger charge is -2.07. The fourth-order valence-corrected chi connectivity index (χ4v) is 2.20. The maximum absolute atomic E-state index is 12.2. The van der Waals surface area contributed by atoms with Gasteiger partial charge in [-0.05, 0) is 30.2 Å². The van der Waals surface area contributed by atoms with Gasteiger partial charge in [0.2, 0.25) is 0 Å². The molecule has 0 aliphatic heterocycles. The van der Waals surface area contributed by atoms with E-state index in [0.717, 1.165) is 11.1 Å². The first kappa shape index (κ1) is 18.9. The van der Waals surface area contributed by atoms with Crippen molar-refractivity contribution in [3.8, 4) is 6.07 Å². The number of nitrogens with one attached hydrogen (secondary N) is 2. The summed E-state index contributed by atoms with van der Waals surface area (Å²) in [6, 6.07) is 15.7. The van der Waals surface area contributed by atoms with Gasteiger partial charge < -0.3 is 15.7 Å². The summed E-state index contributed by atoms with van der Waals surface area (Å²) in [5.41, 5.74) is 2.61. The second-order valence-electron chi connectivity index (χ2n) is 5.62. The van der Waals surface area contributed by atoms with Crippen LogP contribution in [0.5, 0.6) is 0 Å². The van der Waals surface area contributed by atoms with Gasteiger partial charge in [-0.1, -0.05) is 36.4 Å². The highest BCUT2D eigenvalue weighted by Gasteiger charge is 2.10. The van der Waals surface area contributed by atoms with Crippen molar-refractivity contribution in [1.82, 2.24) is 5.32 Å². The van der Waals surface area contributed by atoms with Crippen molar-refractivity contribution < 1.29 is 14.7 Å². The molecule has 3 N–H and O–H groups in total. The van der Waals surface area contributed by atoms with Gasteiger partial charge in [0.05, 0.1) is 6.61 Å². The summed E-state index contributed by atoms with van der Waals surface area (Å²) in [7, 11) is 0. The lowest BCUT2D eigenvalue weighted by molar-refractivity contribution is -0.112. The molecule has 2 aromatic rings. The average molecular weight is 349 g/mol. The molecule has 6 heteroatoms. The average Bonchev–Trinajstić information content (AvgIpc) is 2.65. The molecule has 0 unspecified atom stereocenters. The van der Waals surface area contributed by atoms with E-state index in [2.05, 4.69) is 10.6 Å². The van der Waals surface area contributed by atoms with Gasteiger partial charge in [0.1, 0.15) is 11.6 Å². The van der Waals surface area contributed by atoms with Crippen molar-refractivity contribution in [3.63, 3.8) is 0 Å². The largest absolute Gasteiger partial charge is 0.392 e. The van der Waals surface area contributed by atoms with Gasteiger partial charge in [-0.3, -0.25) is 9.59 Å². The molecule has 0 atom stereocenters. The summed E-state index contributed by atoms with van der Waals surface area (Å²) < 4.78 is 0. The Balaban J connectivity index is 1.99. The highest BCUT2D eigenvalue weighted by Crippen LogP contribution is 2.12. The third-order valence-electron chi connectivity index (χ3n) is 3.65. The topological polar surface area (TPSA) is 102 Å². The van der Waals surface area contributed by atoms with E-state index in [-0.39, 0.29) is 18.0 Å². The van der Waals surface area contributed by atoms with Crippen LogP contribution in [0.3, 0.4) is 0 Å². The first-order valence-corrected chi connectivity index (χ1v) is 7.98. The number of nitrogens with zero attached hydrogens (tertiary/aromatic N) is 1. The second kappa shape index (κ2) is 9.16. The molecular weight excluding hydrogens is 330 g/mol. The monoisotopic (exact) mass is 349 g/mol. The molecule has 0 bridgehead atoms. The SMILES string of the molecule is CC(=O)c1cccc(NC(=O)/C(C#N)=C\NCc2ccc(CO)cc2)c1. The Labute approximate surface area is 151 Å². The predicted octanol–water partition coefficient (Wildman–Crippen LogP) is 2.52. The molecule has 0 aliphatic rings. The van der Waals surface area contributed by atoms with Crippen molar-refractivity contribution in [2.75, 3.05) is 5.32 Å². The Bertz CT molecular complexity index is 865. The molecule has 0 spiro atoms. The minimum absolute atomic E-state index is 0.0167. The number of aliphatic hydroxyl groups is 1. The van der Waals surface area contributed by atoms with Crippen LogP contribution >= 0.6 is 0 Å². The molecule has 6 nitrogen and oxygen atoms in total. The maximum Gasteiger partial charge on any atom is 0.267 e. The summed E-state index contributed by atoms with van der Waals surface area (Å²) in [6.45, 7) is 1.86. The predicted molar refractivity (Wildman–Crippen MR) is 98.0 cm³/mol. The van der Waals surface area contributed by atoms with E-state index in [4.69, 9.17) is 5.11 Å². The second-order valence-corrected chi connectivity index (χ2v) is 5.62. The fraction of sp³-hybridized carbons (Fsp3) is 0.150. The number of nitriles is 1. The molecule has 26 heavy (non-hydrogen) atoms. The van der Waals surface area contributed by atoms with E-state index in [9.17, 15) is 14.9 Å². The summed E-state index contributed by atoms with van der Waals surface area (Å²) in [5.74, 6) is -0.664. The molecule has 2 aromatic carbocycles. The number of carbonyl (C=O) groups excluding carboxylic acids is 2. The number of hydrogen-bond acceptors (Lipinski definition) is 5. The first-order chi connectivity index (χ1) is 12.5. The molecule has 132 valence electrons. The van der Waals surface area contributed by atoms with Gasteiger partial charge in [0.15, 0.2) is 5.78 Å². The van der Waals surface area contributed by atoms with Crippen LogP contribution in [-0.2, 0) is 17.9 Å². The van der Waals surface area contributed by atoms with Crippen LogP contribution in [0.1, 0.15) is 28.4 Å². The van der Waals surface area contributed by atoms with Crippen LogP contribution in [0.4, 0.5) is 5.69 Å². The molecule has 2 rings (SSSR count). The minimum Gasteiger partial charge on any atom is -0.392 e. The summed E-state index contributed by atoms with van der Waals surface area (Å²) in [4.78, 5) is 23.6. The standard InChI is InChI=1S/C20H19N3O3/c1-14(25)17-3-2-4-19(9-17)23-20(26)18(10-21)12-22-11-15-5-7-16(13-24)8-6-15/h2-9,12,22,24H,11,13H2,1H3,(H,23,26)/b18-12-. The summed E-state index contributed by atoms with van der Waals surface area (Å²) >= 11 is 0. The van der Waals surface area contributed by atoms with E-state index < -0.39 is 5.91 Å². The van der Waals surface area contributed by atoms with Gasteiger partial charge in [-0.15, -0.1) is 0 Å². The molecule has 1 amide bonds. The Morgan fingerprint density at radius 3 is 2.46 bits per heavy atom. The number of carbonyl (C=O) groups is 2. The zero-order valence-electron chi connectivity index (χ0n) is 14.3. The van der Waals surface area contributed by atoms with Gasteiger partial charge in [-0.2, -0.15) is 5.26 Å². The zero-order valence-corrected chi connectivity index (χ0v) is 14.3. The van der Waals surface area contributed by atoms with Crippen molar-refractivity contribution in [2.45, 2.75) is 20.1 Å². The van der Waals surface area contributed by atoms with E-state index in [1.54, 1.807) is 36.4 Å². The lowest BCUT2D eigenvalue weighted by atomic mass is 10.1. The lowest BCUT2D eigenvalue weighted by Crippen LogP contribution is -2.16. The Hall–Kier alpha value is -3.43. The molecule has 0 fully saturated rings. The van der Waals surface area contributed by atoms with Crippen LogP contribution < -0.4 is 10.6 Å². The third kappa shape index (κ3) is 5.30. The highest BCUT2D eigenvalue weighted by molar-refractivity contribution is 6.07. The number of amides is 1. The van der Waals surface area contributed by atoms with Crippen molar-refractivity contribution in [2.24, 2.45) is 0 Å². The van der Waals surface area contributed by atoms with Gasteiger partial charge in [0.25, 0.3) is 5.91 Å². The van der Waals surface area contributed by atoms with Crippen LogP contribution in [-0.4, -0.2) is 16.8 Å². The van der Waals surface area contributed by atoms with Gasteiger partial charge in [0, 0.05) is 24.0 Å². The smallest absolute Gasteiger partial charge is 0.267 e. The number of aliphatic hydroxyl groups excluding tert-OH is 1. The molecule has 0 heterocycles. The van der Waals surface area contributed by atoms with E-state index in [1.165, 1.54) is 13.1 Å². The minimum atomic E-state index is -0.559. The summed E-state index contributed by atoms with van der Waals surface area (Å²) in [6.07, 6.45) is 1.35. The molecular formula is C20H19N3O3.